The molecule has 4 N–H and O–H groups in total. The normalized spacial score (nSPS) is 18.8. The molecule has 0 aliphatic heterocycles. The fraction of sp³-hybridized carbons (Fsp3) is 0.400. The van der Waals surface area contributed by atoms with Gasteiger partial charge in [-0.15, -0.1) is 0 Å². The average Bonchev–Trinajstić information content (AvgIpc) is 2.77. The number of alkyl halides is 3. The van der Waals surface area contributed by atoms with Crippen molar-refractivity contribution in [2.24, 2.45) is 5.73 Å². The molecule has 1 fully saturated rings. The smallest absolute Gasteiger partial charge is 0.398 e. The molecule has 0 bridgehead atoms. The van der Waals surface area contributed by atoms with Crippen molar-refractivity contribution in [3.8, 4) is 0 Å². The molecule has 0 radical (unpaired) electrons. The Morgan fingerprint density at radius 1 is 1.09 bits per heavy atom. The number of aryl methyl sites for hydroxylation is 1. The molecule has 1 saturated carbocycles. The van der Waals surface area contributed by atoms with Crippen LogP contribution in [0.3, 0.4) is 0 Å². The van der Waals surface area contributed by atoms with Crippen molar-refractivity contribution in [3.05, 3.63) is 58.4 Å². The highest BCUT2D eigenvalue weighted by Crippen LogP contribution is 2.45. The lowest BCUT2D eigenvalue weighted by molar-refractivity contribution is -0.140. The standard InChI is InChI=1S/C25H28F3N5O/c1-13-22(24(30)34)17(11-21(31-13)33(2)3)15-7-4-6-14(10-15)16-8-5-9-19-23(16)18(29)12-20(32-19)25(26,27)28/h5,8-9,11-12,14-15H,4,6-7,10H2,1-3H3,(H2,29,32)(H2,30,34). The fourth-order valence-electron chi connectivity index (χ4n) is 5.14. The molecule has 1 aromatic carbocycles. The number of amides is 1. The number of nitrogens with two attached hydrogens (primary N) is 2. The van der Waals surface area contributed by atoms with Crippen LogP contribution in [0.1, 0.15) is 70.4 Å². The van der Waals surface area contributed by atoms with Crippen molar-refractivity contribution >= 4 is 28.3 Å². The maximum atomic E-state index is 13.3. The van der Waals surface area contributed by atoms with Gasteiger partial charge in [-0.25, -0.2) is 9.97 Å². The van der Waals surface area contributed by atoms with Crippen LogP contribution in [-0.2, 0) is 6.18 Å². The van der Waals surface area contributed by atoms with E-state index in [1.54, 1.807) is 19.1 Å². The highest BCUT2D eigenvalue weighted by Gasteiger charge is 2.34. The highest BCUT2D eigenvalue weighted by molar-refractivity contribution is 5.96. The zero-order valence-corrected chi connectivity index (χ0v) is 19.4. The molecule has 1 aliphatic carbocycles. The first-order chi connectivity index (χ1) is 16.0. The topological polar surface area (TPSA) is 98.1 Å². The van der Waals surface area contributed by atoms with Gasteiger partial charge in [-0.05, 0) is 67.3 Å². The minimum Gasteiger partial charge on any atom is -0.398 e. The zero-order valence-electron chi connectivity index (χ0n) is 19.4. The van der Waals surface area contributed by atoms with Gasteiger partial charge in [0.2, 0.25) is 0 Å². The zero-order chi connectivity index (χ0) is 24.8. The van der Waals surface area contributed by atoms with Crippen LogP contribution >= 0.6 is 0 Å². The summed E-state index contributed by atoms with van der Waals surface area (Å²) in [5.74, 6) is 0.351. The van der Waals surface area contributed by atoms with E-state index in [1.807, 2.05) is 31.1 Å². The van der Waals surface area contributed by atoms with Gasteiger partial charge in [-0.3, -0.25) is 4.79 Å². The van der Waals surface area contributed by atoms with E-state index in [1.165, 1.54) is 0 Å². The molecule has 9 heteroatoms. The third-order valence-electron chi connectivity index (χ3n) is 6.66. The van der Waals surface area contributed by atoms with Crippen LogP contribution in [0.15, 0.2) is 30.3 Å². The van der Waals surface area contributed by atoms with Crippen LogP contribution in [0.2, 0.25) is 0 Å². The summed E-state index contributed by atoms with van der Waals surface area (Å²) in [6, 6.07) is 8.04. The number of hydrogen-bond donors (Lipinski definition) is 2. The summed E-state index contributed by atoms with van der Waals surface area (Å²) in [7, 11) is 3.78. The van der Waals surface area contributed by atoms with Gasteiger partial charge in [-0.1, -0.05) is 18.6 Å². The molecule has 2 aromatic heterocycles. The Morgan fingerprint density at radius 2 is 1.76 bits per heavy atom. The molecular weight excluding hydrogens is 443 g/mol. The lowest BCUT2D eigenvalue weighted by Crippen LogP contribution is -2.23. The number of halogens is 3. The Bertz CT molecular complexity index is 1260. The number of rotatable bonds is 4. The fourth-order valence-corrected chi connectivity index (χ4v) is 5.14. The Labute approximate surface area is 196 Å². The molecule has 0 saturated heterocycles. The summed E-state index contributed by atoms with van der Waals surface area (Å²) in [6.45, 7) is 1.78. The Kier molecular flexibility index (Phi) is 6.14. The number of carbonyl (C=O) groups excluding carboxylic acids is 1. The van der Waals surface area contributed by atoms with Gasteiger partial charge < -0.3 is 16.4 Å². The first-order valence-corrected chi connectivity index (χ1v) is 11.2. The van der Waals surface area contributed by atoms with Crippen LogP contribution in [0.4, 0.5) is 24.7 Å². The molecule has 3 aromatic rings. The molecule has 6 nitrogen and oxygen atoms in total. The quantitative estimate of drug-likeness (QED) is 0.549. The molecule has 0 spiro atoms. The number of hydrogen-bond acceptors (Lipinski definition) is 5. The van der Waals surface area contributed by atoms with E-state index < -0.39 is 17.8 Å². The molecule has 2 heterocycles. The number of anilines is 2. The summed E-state index contributed by atoms with van der Waals surface area (Å²) in [5, 5.41) is 0.566. The van der Waals surface area contributed by atoms with E-state index in [0.717, 1.165) is 48.7 Å². The number of primary amides is 1. The molecule has 2 unspecified atom stereocenters. The second kappa shape index (κ2) is 8.77. The summed E-state index contributed by atoms with van der Waals surface area (Å²) >= 11 is 0. The summed E-state index contributed by atoms with van der Waals surface area (Å²) in [4.78, 5) is 22.5. The largest absolute Gasteiger partial charge is 0.433 e. The van der Waals surface area contributed by atoms with Crippen molar-refractivity contribution in [3.63, 3.8) is 0 Å². The second-order valence-electron chi connectivity index (χ2n) is 9.19. The van der Waals surface area contributed by atoms with Gasteiger partial charge in [0.1, 0.15) is 11.5 Å². The maximum absolute atomic E-state index is 13.3. The first kappa shape index (κ1) is 23.8. The van der Waals surface area contributed by atoms with Crippen molar-refractivity contribution in [1.82, 2.24) is 9.97 Å². The van der Waals surface area contributed by atoms with E-state index >= 15 is 0 Å². The lowest BCUT2D eigenvalue weighted by atomic mass is 9.73. The molecule has 1 aliphatic rings. The number of nitrogens with zero attached hydrogens (tertiary/aromatic N) is 3. The maximum Gasteiger partial charge on any atom is 0.433 e. The van der Waals surface area contributed by atoms with E-state index in [9.17, 15) is 18.0 Å². The van der Waals surface area contributed by atoms with Crippen LogP contribution in [0.5, 0.6) is 0 Å². The van der Waals surface area contributed by atoms with Crippen LogP contribution < -0.4 is 16.4 Å². The lowest BCUT2D eigenvalue weighted by Gasteiger charge is -2.32. The number of nitrogen functional groups attached to an aromatic ring is 1. The number of fused-ring (bicyclic) bond motifs is 1. The Balaban J connectivity index is 1.77. The van der Waals surface area contributed by atoms with E-state index in [0.29, 0.717) is 16.6 Å². The summed E-state index contributed by atoms with van der Waals surface area (Å²) < 4.78 is 39.8. The number of aromatic nitrogens is 2. The number of pyridine rings is 2. The van der Waals surface area contributed by atoms with Gasteiger partial charge in [-0.2, -0.15) is 13.2 Å². The van der Waals surface area contributed by atoms with Crippen molar-refractivity contribution < 1.29 is 18.0 Å². The monoisotopic (exact) mass is 471 g/mol. The predicted molar refractivity (Wildman–Crippen MR) is 127 cm³/mol. The summed E-state index contributed by atoms with van der Waals surface area (Å²) in [6.07, 6.45) is -1.20. The number of benzene rings is 1. The molecule has 4 rings (SSSR count). The SMILES string of the molecule is Cc1nc(N(C)C)cc(C2CCCC(c3cccc4nc(C(F)(F)F)cc(N)c34)C2)c1C(N)=O. The molecule has 1 amide bonds. The van der Waals surface area contributed by atoms with Gasteiger partial charge in [0, 0.05) is 25.2 Å². The summed E-state index contributed by atoms with van der Waals surface area (Å²) in [5.41, 5.74) is 14.0. The minimum atomic E-state index is -4.57. The second-order valence-corrected chi connectivity index (χ2v) is 9.19. The van der Waals surface area contributed by atoms with E-state index in [4.69, 9.17) is 11.5 Å². The molecule has 180 valence electrons. The van der Waals surface area contributed by atoms with Crippen molar-refractivity contribution in [2.45, 2.75) is 50.6 Å². The van der Waals surface area contributed by atoms with Gasteiger partial charge >= 0.3 is 6.18 Å². The third kappa shape index (κ3) is 4.38. The predicted octanol–water partition coefficient (Wildman–Crippen LogP) is 5.15. The van der Waals surface area contributed by atoms with Crippen LogP contribution in [0.25, 0.3) is 10.9 Å². The van der Waals surface area contributed by atoms with Gasteiger partial charge in [0.25, 0.3) is 5.91 Å². The van der Waals surface area contributed by atoms with E-state index in [2.05, 4.69) is 9.97 Å². The average molecular weight is 472 g/mol. The Morgan fingerprint density at radius 3 is 2.38 bits per heavy atom. The van der Waals surface area contributed by atoms with Gasteiger partial charge in [0.15, 0.2) is 0 Å². The number of carbonyl (C=O) groups is 1. The Hall–Kier alpha value is -3.36. The molecular formula is C25H28F3N5O. The van der Waals surface area contributed by atoms with Crippen molar-refractivity contribution in [1.29, 1.82) is 0 Å². The molecule has 2 atom stereocenters. The third-order valence-corrected chi connectivity index (χ3v) is 6.66. The highest BCUT2D eigenvalue weighted by atomic mass is 19.4. The van der Waals surface area contributed by atoms with Crippen LogP contribution in [0, 0.1) is 6.92 Å². The minimum absolute atomic E-state index is 0.0558. The molecule has 34 heavy (non-hydrogen) atoms. The first-order valence-electron chi connectivity index (χ1n) is 11.2. The van der Waals surface area contributed by atoms with Crippen LogP contribution in [-0.4, -0.2) is 30.0 Å². The van der Waals surface area contributed by atoms with E-state index in [-0.39, 0.29) is 23.0 Å². The van der Waals surface area contributed by atoms with Gasteiger partial charge in [0.05, 0.1) is 16.8 Å². The van der Waals surface area contributed by atoms with Crippen molar-refractivity contribution in [2.75, 3.05) is 24.7 Å².